The van der Waals surface area contributed by atoms with Crippen LogP contribution in [0.4, 0.5) is 0 Å². The Balaban J connectivity index is 2.48. The predicted octanol–water partition coefficient (Wildman–Crippen LogP) is 2.46. The van der Waals surface area contributed by atoms with Gasteiger partial charge in [0.25, 0.3) is 0 Å². The molecule has 0 saturated carbocycles. The van der Waals surface area contributed by atoms with E-state index in [1.54, 1.807) is 19.4 Å². The van der Waals surface area contributed by atoms with E-state index < -0.39 is 0 Å². The van der Waals surface area contributed by atoms with Gasteiger partial charge < -0.3 is 15.0 Å². The van der Waals surface area contributed by atoms with Gasteiger partial charge in [-0.05, 0) is 18.2 Å². The maximum atomic E-state index is 6.12. The van der Waals surface area contributed by atoms with Crippen LogP contribution in [0.25, 0.3) is 11.3 Å². The Kier molecular flexibility index (Phi) is 3.12. The molecule has 0 saturated heterocycles. The summed E-state index contributed by atoms with van der Waals surface area (Å²) in [5.41, 5.74) is 7.16. The zero-order valence-corrected chi connectivity index (χ0v) is 9.49. The summed E-state index contributed by atoms with van der Waals surface area (Å²) in [6.07, 6.45) is 1.59. The van der Waals surface area contributed by atoms with Crippen LogP contribution >= 0.6 is 11.6 Å². The van der Waals surface area contributed by atoms with Crippen molar-refractivity contribution in [1.29, 1.82) is 0 Å². The molecule has 0 unspecified atom stereocenters. The summed E-state index contributed by atoms with van der Waals surface area (Å²) >= 11 is 6.12. The molecule has 1 aromatic heterocycles. The molecule has 0 aliphatic heterocycles. The lowest BCUT2D eigenvalue weighted by molar-refractivity contribution is 0.414. The molecule has 4 nitrogen and oxygen atoms in total. The normalized spacial score (nSPS) is 10.4. The van der Waals surface area contributed by atoms with Gasteiger partial charge in [-0.15, -0.1) is 0 Å². The Morgan fingerprint density at radius 2 is 2.31 bits per heavy atom. The number of rotatable bonds is 3. The minimum atomic E-state index is 0.362. The topological polar surface area (TPSA) is 61.3 Å². The fourth-order valence-corrected chi connectivity index (χ4v) is 1.69. The van der Waals surface area contributed by atoms with Crippen molar-refractivity contribution in [2.45, 2.75) is 6.54 Å². The highest BCUT2D eigenvalue weighted by atomic mass is 35.5. The van der Waals surface area contributed by atoms with Gasteiger partial charge in [0.05, 0.1) is 18.3 Å². The first-order valence-corrected chi connectivity index (χ1v) is 5.11. The Morgan fingerprint density at radius 1 is 1.50 bits per heavy atom. The molecular formula is C11H11ClN2O2. The first kappa shape index (κ1) is 11.0. The third-order valence-corrected chi connectivity index (χ3v) is 2.60. The molecule has 2 rings (SSSR count). The van der Waals surface area contributed by atoms with Crippen molar-refractivity contribution in [1.82, 2.24) is 5.16 Å². The van der Waals surface area contributed by atoms with E-state index in [9.17, 15) is 0 Å². The SMILES string of the molecule is COc1ccc(-c2oncc2CN)c(Cl)c1. The molecule has 0 aliphatic carbocycles. The van der Waals surface area contributed by atoms with Crippen molar-refractivity contribution < 1.29 is 9.26 Å². The highest BCUT2D eigenvalue weighted by molar-refractivity contribution is 6.33. The molecule has 0 spiro atoms. The van der Waals surface area contributed by atoms with E-state index in [0.717, 1.165) is 11.1 Å². The first-order chi connectivity index (χ1) is 7.76. The predicted molar refractivity (Wildman–Crippen MR) is 61.4 cm³/mol. The number of aromatic nitrogens is 1. The standard InChI is InChI=1S/C11H11ClN2O2/c1-15-8-2-3-9(10(12)4-8)11-7(5-13)6-14-16-11/h2-4,6H,5,13H2,1H3. The minimum absolute atomic E-state index is 0.362. The molecule has 0 amide bonds. The van der Waals surface area contributed by atoms with Crippen LogP contribution in [0, 0.1) is 0 Å². The highest BCUT2D eigenvalue weighted by Crippen LogP contribution is 2.32. The molecule has 2 N–H and O–H groups in total. The molecule has 0 bridgehead atoms. The van der Waals surface area contributed by atoms with Gasteiger partial charge in [-0.2, -0.15) is 0 Å². The molecule has 2 aromatic rings. The highest BCUT2D eigenvalue weighted by Gasteiger charge is 2.13. The lowest BCUT2D eigenvalue weighted by Gasteiger charge is -2.04. The van der Waals surface area contributed by atoms with Crippen molar-refractivity contribution in [3.8, 4) is 17.1 Å². The van der Waals surface area contributed by atoms with E-state index in [1.807, 2.05) is 12.1 Å². The quantitative estimate of drug-likeness (QED) is 0.892. The third-order valence-electron chi connectivity index (χ3n) is 2.28. The molecule has 16 heavy (non-hydrogen) atoms. The molecule has 1 aromatic carbocycles. The van der Waals surface area contributed by atoms with Gasteiger partial charge in [0, 0.05) is 17.7 Å². The van der Waals surface area contributed by atoms with Gasteiger partial charge in [-0.3, -0.25) is 0 Å². The summed E-state index contributed by atoms with van der Waals surface area (Å²) in [6.45, 7) is 0.362. The minimum Gasteiger partial charge on any atom is -0.497 e. The van der Waals surface area contributed by atoms with Crippen LogP contribution in [0.1, 0.15) is 5.56 Å². The number of ether oxygens (including phenoxy) is 1. The fourth-order valence-electron chi connectivity index (χ4n) is 1.43. The lowest BCUT2D eigenvalue weighted by atomic mass is 10.1. The summed E-state index contributed by atoms with van der Waals surface area (Å²) in [7, 11) is 1.59. The summed E-state index contributed by atoms with van der Waals surface area (Å²) in [5.74, 6) is 1.30. The van der Waals surface area contributed by atoms with Crippen LogP contribution in [-0.2, 0) is 6.54 Å². The molecule has 1 heterocycles. The Labute approximate surface area is 97.9 Å². The number of hydrogen-bond acceptors (Lipinski definition) is 4. The molecule has 5 heteroatoms. The largest absolute Gasteiger partial charge is 0.497 e. The van der Waals surface area contributed by atoms with E-state index >= 15 is 0 Å². The Hall–Kier alpha value is -1.52. The van der Waals surface area contributed by atoms with Gasteiger partial charge in [-0.25, -0.2) is 0 Å². The summed E-state index contributed by atoms with van der Waals surface area (Å²) < 4.78 is 10.2. The molecule has 84 valence electrons. The van der Waals surface area contributed by atoms with Crippen molar-refractivity contribution in [3.63, 3.8) is 0 Å². The van der Waals surface area contributed by atoms with E-state index in [-0.39, 0.29) is 0 Å². The Bertz CT molecular complexity index is 496. The van der Waals surface area contributed by atoms with E-state index in [2.05, 4.69) is 5.16 Å². The zero-order valence-electron chi connectivity index (χ0n) is 8.74. The van der Waals surface area contributed by atoms with Crippen LogP contribution in [0.5, 0.6) is 5.75 Å². The second-order valence-electron chi connectivity index (χ2n) is 3.23. The molecule has 0 radical (unpaired) electrons. The number of hydrogen-bond donors (Lipinski definition) is 1. The lowest BCUT2D eigenvalue weighted by Crippen LogP contribution is -1.96. The van der Waals surface area contributed by atoms with Crippen molar-refractivity contribution in [3.05, 3.63) is 35.0 Å². The smallest absolute Gasteiger partial charge is 0.172 e. The maximum absolute atomic E-state index is 6.12. The number of nitrogens with zero attached hydrogens (tertiary/aromatic N) is 1. The van der Waals surface area contributed by atoms with Crippen molar-refractivity contribution >= 4 is 11.6 Å². The summed E-state index contributed by atoms with van der Waals surface area (Å²) in [6, 6.07) is 5.35. The van der Waals surface area contributed by atoms with Gasteiger partial charge >= 0.3 is 0 Å². The second-order valence-corrected chi connectivity index (χ2v) is 3.64. The van der Waals surface area contributed by atoms with Crippen LogP contribution in [-0.4, -0.2) is 12.3 Å². The van der Waals surface area contributed by atoms with E-state index in [1.165, 1.54) is 0 Å². The summed E-state index contributed by atoms with van der Waals surface area (Å²) in [5, 5.41) is 4.26. The number of halogens is 1. The Morgan fingerprint density at radius 3 is 2.94 bits per heavy atom. The number of nitrogens with two attached hydrogens (primary N) is 1. The van der Waals surface area contributed by atoms with Gasteiger partial charge in [0.2, 0.25) is 0 Å². The monoisotopic (exact) mass is 238 g/mol. The van der Waals surface area contributed by atoms with E-state index in [0.29, 0.717) is 23.1 Å². The van der Waals surface area contributed by atoms with Gasteiger partial charge in [0.1, 0.15) is 5.75 Å². The van der Waals surface area contributed by atoms with Crippen LogP contribution in [0.3, 0.4) is 0 Å². The van der Waals surface area contributed by atoms with Crippen LogP contribution in [0.2, 0.25) is 5.02 Å². The molecular weight excluding hydrogens is 228 g/mol. The number of methoxy groups -OCH3 is 1. The van der Waals surface area contributed by atoms with Crippen LogP contribution in [0.15, 0.2) is 28.9 Å². The van der Waals surface area contributed by atoms with E-state index in [4.69, 9.17) is 26.6 Å². The van der Waals surface area contributed by atoms with Crippen molar-refractivity contribution in [2.24, 2.45) is 5.73 Å². The summed E-state index contributed by atoms with van der Waals surface area (Å²) in [4.78, 5) is 0. The van der Waals surface area contributed by atoms with Crippen molar-refractivity contribution in [2.75, 3.05) is 7.11 Å². The number of benzene rings is 1. The molecule has 0 aliphatic rings. The average Bonchev–Trinajstić information content (AvgIpc) is 2.76. The first-order valence-electron chi connectivity index (χ1n) is 4.73. The van der Waals surface area contributed by atoms with Crippen LogP contribution < -0.4 is 10.5 Å². The molecule has 0 atom stereocenters. The average molecular weight is 239 g/mol. The zero-order chi connectivity index (χ0) is 11.5. The maximum Gasteiger partial charge on any atom is 0.172 e. The van der Waals surface area contributed by atoms with Gasteiger partial charge in [0.15, 0.2) is 5.76 Å². The van der Waals surface area contributed by atoms with Gasteiger partial charge in [-0.1, -0.05) is 16.8 Å². The second kappa shape index (κ2) is 4.55. The fraction of sp³-hybridized carbons (Fsp3) is 0.182. The molecule has 0 fully saturated rings. The third kappa shape index (κ3) is 1.89.